The first-order valence-electron chi connectivity index (χ1n) is 9.24. The van der Waals surface area contributed by atoms with Gasteiger partial charge in [0.25, 0.3) is 0 Å². The number of hydrogen-bond acceptors (Lipinski definition) is 0. The van der Waals surface area contributed by atoms with E-state index in [1.54, 1.807) is 0 Å². The van der Waals surface area contributed by atoms with E-state index in [4.69, 9.17) is 0 Å². The smallest absolute Gasteiger partial charge is 0.0615 e. The standard InChI is InChI=1S/C19H43Si2/c1-14(2)20(15(3)4,16(5)6)13-21(17(7)8,18(9)10)19(11)12/h13-19H,1-12H3. The Labute approximate surface area is 138 Å². The predicted molar refractivity (Wildman–Crippen MR) is 106 cm³/mol. The summed E-state index contributed by atoms with van der Waals surface area (Å²) >= 11 is 0. The molecular formula is C19H43Si2. The lowest BCUT2D eigenvalue weighted by Crippen LogP contribution is -2.58. The number of hydrogen-bond donors (Lipinski definition) is 0. The first-order chi connectivity index (χ1) is 9.37. The minimum Gasteiger partial charge on any atom is -0.0651 e. The molecule has 0 aliphatic carbocycles. The highest BCUT2D eigenvalue weighted by molar-refractivity contribution is 7.05. The quantitative estimate of drug-likeness (QED) is 0.402. The van der Waals surface area contributed by atoms with E-state index >= 15 is 0 Å². The highest BCUT2D eigenvalue weighted by Gasteiger charge is 2.53. The van der Waals surface area contributed by atoms with Gasteiger partial charge < -0.3 is 0 Å². The Kier molecular flexibility index (Phi) is 7.97. The zero-order valence-corrected chi connectivity index (χ0v) is 19.0. The molecule has 0 amide bonds. The summed E-state index contributed by atoms with van der Waals surface area (Å²) in [6.45, 7) is 30.0. The topological polar surface area (TPSA) is 0 Å². The van der Waals surface area contributed by atoms with Gasteiger partial charge in [-0.15, -0.1) is 0 Å². The zero-order chi connectivity index (χ0) is 17.2. The van der Waals surface area contributed by atoms with Crippen molar-refractivity contribution in [3.63, 3.8) is 0 Å². The van der Waals surface area contributed by atoms with Crippen LogP contribution in [0, 0.1) is 5.67 Å². The first kappa shape index (κ1) is 21.4. The zero-order valence-electron chi connectivity index (χ0n) is 17.0. The van der Waals surface area contributed by atoms with Crippen LogP contribution in [0.15, 0.2) is 0 Å². The number of rotatable bonds is 8. The van der Waals surface area contributed by atoms with Crippen molar-refractivity contribution in [3.8, 4) is 0 Å². The summed E-state index contributed by atoms with van der Waals surface area (Å²) in [4.78, 5) is 0. The van der Waals surface area contributed by atoms with Crippen LogP contribution in [0.25, 0.3) is 0 Å². The molecule has 0 aromatic carbocycles. The van der Waals surface area contributed by atoms with Gasteiger partial charge in [-0.05, 0) is 5.67 Å². The molecule has 1 radical (unpaired) electrons. The van der Waals surface area contributed by atoms with Crippen molar-refractivity contribution in [2.75, 3.05) is 0 Å². The summed E-state index contributed by atoms with van der Waals surface area (Å²) in [7, 11) is -2.83. The molecule has 2 heteroatoms. The van der Waals surface area contributed by atoms with Gasteiger partial charge in [0.05, 0.1) is 16.1 Å². The van der Waals surface area contributed by atoms with Gasteiger partial charge in [0.1, 0.15) is 0 Å². The summed E-state index contributed by atoms with van der Waals surface area (Å²) in [6.07, 6.45) is 0. The van der Waals surface area contributed by atoms with Gasteiger partial charge >= 0.3 is 0 Å². The lowest BCUT2D eigenvalue weighted by Gasteiger charge is -2.53. The molecule has 0 bridgehead atoms. The summed E-state index contributed by atoms with van der Waals surface area (Å²) in [5.41, 5.74) is 8.18. The summed E-state index contributed by atoms with van der Waals surface area (Å²) in [5.74, 6) is 0. The highest BCUT2D eigenvalue weighted by Crippen LogP contribution is 2.52. The highest BCUT2D eigenvalue weighted by atomic mass is 28.4. The third-order valence-corrected chi connectivity index (χ3v) is 22.5. The molecule has 21 heavy (non-hydrogen) atoms. The molecular weight excluding hydrogens is 284 g/mol. The van der Waals surface area contributed by atoms with Crippen LogP contribution in [-0.2, 0) is 0 Å². The van der Waals surface area contributed by atoms with Gasteiger partial charge in [-0.25, -0.2) is 0 Å². The first-order valence-corrected chi connectivity index (χ1v) is 13.9. The minimum atomic E-state index is -1.41. The van der Waals surface area contributed by atoms with E-state index in [1.165, 1.54) is 0 Å². The van der Waals surface area contributed by atoms with Crippen molar-refractivity contribution in [1.82, 2.24) is 0 Å². The Hall–Kier alpha value is 0.434. The molecule has 0 aliphatic rings. The van der Waals surface area contributed by atoms with Crippen LogP contribution in [0.4, 0.5) is 0 Å². The van der Waals surface area contributed by atoms with Crippen LogP contribution in [-0.4, -0.2) is 16.1 Å². The van der Waals surface area contributed by atoms with Gasteiger partial charge in [-0.3, -0.25) is 0 Å². The molecule has 0 aromatic heterocycles. The predicted octanol–water partition coefficient (Wildman–Crippen LogP) is 7.63. The van der Waals surface area contributed by atoms with Gasteiger partial charge in [0.15, 0.2) is 0 Å². The molecule has 0 saturated heterocycles. The second kappa shape index (κ2) is 7.81. The summed E-state index contributed by atoms with van der Waals surface area (Å²) in [5, 5.41) is 0. The molecule has 127 valence electrons. The fraction of sp³-hybridized carbons (Fsp3) is 0.947. The SMILES string of the molecule is CC(C)[Si]([CH][Si](C(C)C)(C(C)C)C(C)C)(C(C)C)C(C)C. The molecule has 0 rings (SSSR count). The molecule has 0 N–H and O–H groups in total. The van der Waals surface area contributed by atoms with Gasteiger partial charge in [-0.2, -0.15) is 0 Å². The van der Waals surface area contributed by atoms with E-state index in [0.717, 1.165) is 33.2 Å². The Bertz CT molecular complexity index is 227. The Morgan fingerprint density at radius 1 is 0.381 bits per heavy atom. The molecule has 0 saturated carbocycles. The van der Waals surface area contributed by atoms with E-state index in [0.29, 0.717) is 0 Å². The summed E-state index contributed by atoms with van der Waals surface area (Å²) < 4.78 is 0. The lowest BCUT2D eigenvalue weighted by atomic mass is 10.5. The second-order valence-corrected chi connectivity index (χ2v) is 21.2. The average Bonchev–Trinajstić information content (AvgIpc) is 2.26. The molecule has 0 nitrogen and oxygen atoms in total. The van der Waals surface area contributed by atoms with Crippen LogP contribution in [0.2, 0.25) is 33.2 Å². The van der Waals surface area contributed by atoms with Gasteiger partial charge in [0, 0.05) is 0 Å². The van der Waals surface area contributed by atoms with Crippen molar-refractivity contribution in [3.05, 3.63) is 5.67 Å². The van der Waals surface area contributed by atoms with E-state index in [9.17, 15) is 0 Å². The van der Waals surface area contributed by atoms with E-state index in [1.807, 2.05) is 0 Å². The Balaban J connectivity index is 6.06. The van der Waals surface area contributed by atoms with E-state index in [2.05, 4.69) is 88.8 Å². The molecule has 0 unspecified atom stereocenters. The third kappa shape index (κ3) is 3.86. The molecule has 0 spiro atoms. The molecule has 0 atom stereocenters. The van der Waals surface area contributed by atoms with Crippen LogP contribution in [0.5, 0.6) is 0 Å². The van der Waals surface area contributed by atoms with Crippen molar-refractivity contribution >= 4 is 16.1 Å². The Morgan fingerprint density at radius 2 is 0.524 bits per heavy atom. The fourth-order valence-corrected chi connectivity index (χ4v) is 24.9. The van der Waals surface area contributed by atoms with Crippen LogP contribution in [0.3, 0.4) is 0 Å². The maximum Gasteiger partial charge on any atom is 0.0615 e. The normalized spacial score (nSPS) is 14.6. The van der Waals surface area contributed by atoms with Crippen LogP contribution in [0.1, 0.15) is 83.1 Å². The lowest BCUT2D eigenvalue weighted by molar-refractivity contribution is 0.798. The molecule has 0 aromatic rings. The summed E-state index contributed by atoms with van der Waals surface area (Å²) in [6, 6.07) is 0. The average molecular weight is 328 g/mol. The minimum absolute atomic E-state index is 0.848. The molecule has 0 fully saturated rings. The van der Waals surface area contributed by atoms with E-state index < -0.39 is 16.1 Å². The van der Waals surface area contributed by atoms with Crippen molar-refractivity contribution in [2.45, 2.75) is 116 Å². The van der Waals surface area contributed by atoms with Crippen LogP contribution >= 0.6 is 0 Å². The third-order valence-electron chi connectivity index (χ3n) is 6.50. The van der Waals surface area contributed by atoms with Crippen molar-refractivity contribution in [2.24, 2.45) is 0 Å². The largest absolute Gasteiger partial charge is 0.0651 e. The van der Waals surface area contributed by atoms with Crippen molar-refractivity contribution in [1.29, 1.82) is 0 Å². The van der Waals surface area contributed by atoms with E-state index in [-0.39, 0.29) is 0 Å². The monoisotopic (exact) mass is 327 g/mol. The second-order valence-electron chi connectivity index (χ2n) is 9.07. The van der Waals surface area contributed by atoms with Crippen LogP contribution < -0.4 is 0 Å². The maximum absolute atomic E-state index is 3.10. The fourth-order valence-electron chi connectivity index (χ4n) is 5.43. The maximum atomic E-state index is 3.10. The van der Waals surface area contributed by atoms with Gasteiger partial charge in [-0.1, -0.05) is 116 Å². The molecule has 0 heterocycles. The Morgan fingerprint density at radius 3 is 0.619 bits per heavy atom. The molecule has 0 aliphatic heterocycles. The van der Waals surface area contributed by atoms with Gasteiger partial charge in [0.2, 0.25) is 0 Å². The van der Waals surface area contributed by atoms with Crippen molar-refractivity contribution < 1.29 is 0 Å².